The fraction of sp³-hybridized carbons (Fsp3) is 0.375. The lowest BCUT2D eigenvalue weighted by molar-refractivity contribution is -0.129. The van der Waals surface area contributed by atoms with Gasteiger partial charge >= 0.3 is 17.8 Å². The molecule has 3 heterocycles. The molecule has 0 spiro atoms. The molecule has 0 saturated carbocycles. The van der Waals surface area contributed by atoms with Gasteiger partial charge in [-0.25, -0.2) is 4.98 Å². The molecule has 0 atom stereocenters. The summed E-state index contributed by atoms with van der Waals surface area (Å²) in [6.07, 6.45) is 1.58. The van der Waals surface area contributed by atoms with Gasteiger partial charge in [0.25, 0.3) is 0 Å². The number of nitrogens with one attached hydrogen (secondary N) is 2. The van der Waals surface area contributed by atoms with Gasteiger partial charge in [-0.1, -0.05) is 38.0 Å². The van der Waals surface area contributed by atoms with Gasteiger partial charge < -0.3 is 24.9 Å². The molecular formula is C24H29N7O3. The van der Waals surface area contributed by atoms with Gasteiger partial charge in [-0.2, -0.15) is 0 Å². The van der Waals surface area contributed by atoms with Crippen LogP contribution < -0.4 is 15.5 Å². The molecule has 1 aliphatic heterocycles. The van der Waals surface area contributed by atoms with Crippen LogP contribution in [0.15, 0.2) is 47.0 Å². The van der Waals surface area contributed by atoms with Gasteiger partial charge in [0, 0.05) is 38.8 Å². The Labute approximate surface area is 198 Å². The second kappa shape index (κ2) is 9.50. The van der Waals surface area contributed by atoms with Crippen LogP contribution in [0, 0.1) is 0 Å². The van der Waals surface area contributed by atoms with Crippen molar-refractivity contribution in [3.63, 3.8) is 0 Å². The normalized spacial score (nSPS) is 14.1. The highest BCUT2D eigenvalue weighted by Gasteiger charge is 2.20. The molecular weight excluding hydrogens is 434 g/mol. The molecule has 10 heteroatoms. The van der Waals surface area contributed by atoms with Gasteiger partial charge in [-0.3, -0.25) is 9.59 Å². The standard InChI is InChI=1S/C24H29N7O3/c1-16(32)30-11-13-31(14-12-30)20-10-9-19(15-25-20)26-21(33)22-28-29-23(34-22)27-18-7-5-17(6-8-18)24(2,3)4/h5-10,15H,11-14H2,1-4H3,(H,26,33)(H,27,29). The highest BCUT2D eigenvalue weighted by molar-refractivity contribution is 6.00. The van der Waals surface area contributed by atoms with Crippen molar-refractivity contribution in [2.24, 2.45) is 0 Å². The summed E-state index contributed by atoms with van der Waals surface area (Å²) in [6, 6.07) is 11.7. The number of carbonyl (C=O) groups is 2. The van der Waals surface area contributed by atoms with Crippen LogP contribution in [0.5, 0.6) is 0 Å². The van der Waals surface area contributed by atoms with E-state index in [4.69, 9.17) is 4.42 Å². The molecule has 4 rings (SSSR count). The Balaban J connectivity index is 1.32. The first-order valence-electron chi connectivity index (χ1n) is 11.2. The predicted octanol–water partition coefficient (Wildman–Crippen LogP) is 3.43. The molecule has 34 heavy (non-hydrogen) atoms. The Morgan fingerprint density at radius 3 is 2.21 bits per heavy atom. The maximum absolute atomic E-state index is 12.5. The number of piperazine rings is 1. The minimum Gasteiger partial charge on any atom is -0.399 e. The molecule has 2 aromatic heterocycles. The molecule has 178 valence electrons. The Morgan fingerprint density at radius 2 is 1.62 bits per heavy atom. The van der Waals surface area contributed by atoms with Crippen LogP contribution in [0.2, 0.25) is 0 Å². The first-order chi connectivity index (χ1) is 16.2. The van der Waals surface area contributed by atoms with E-state index < -0.39 is 5.91 Å². The van der Waals surface area contributed by atoms with Gasteiger partial charge in [0.05, 0.1) is 11.9 Å². The van der Waals surface area contributed by atoms with Crippen molar-refractivity contribution >= 4 is 35.0 Å². The zero-order valence-corrected chi connectivity index (χ0v) is 19.8. The van der Waals surface area contributed by atoms with Crippen LogP contribution >= 0.6 is 0 Å². The van der Waals surface area contributed by atoms with Crippen molar-refractivity contribution in [3.8, 4) is 0 Å². The molecule has 10 nitrogen and oxygen atoms in total. The van der Waals surface area contributed by atoms with Crippen molar-refractivity contribution in [1.29, 1.82) is 0 Å². The van der Waals surface area contributed by atoms with Crippen molar-refractivity contribution < 1.29 is 14.0 Å². The third-order valence-electron chi connectivity index (χ3n) is 5.68. The molecule has 2 amide bonds. The molecule has 1 fully saturated rings. The molecule has 0 aliphatic carbocycles. The lowest BCUT2D eigenvalue weighted by atomic mass is 9.87. The molecule has 0 radical (unpaired) electrons. The van der Waals surface area contributed by atoms with Gasteiger partial charge in [0.1, 0.15) is 5.82 Å². The van der Waals surface area contributed by atoms with Crippen molar-refractivity contribution in [3.05, 3.63) is 54.0 Å². The van der Waals surface area contributed by atoms with E-state index >= 15 is 0 Å². The maximum atomic E-state index is 12.5. The van der Waals surface area contributed by atoms with Crippen molar-refractivity contribution in [2.45, 2.75) is 33.1 Å². The monoisotopic (exact) mass is 463 g/mol. The number of aromatic nitrogens is 3. The number of pyridine rings is 1. The number of hydrogen-bond donors (Lipinski definition) is 2. The molecule has 3 aromatic rings. The predicted molar refractivity (Wildman–Crippen MR) is 129 cm³/mol. The zero-order chi connectivity index (χ0) is 24.3. The number of anilines is 4. The van der Waals surface area contributed by atoms with E-state index in [1.54, 1.807) is 19.2 Å². The first kappa shape index (κ1) is 23.2. The highest BCUT2D eigenvalue weighted by atomic mass is 16.4. The molecule has 1 aromatic carbocycles. The third kappa shape index (κ3) is 5.51. The first-order valence-corrected chi connectivity index (χ1v) is 11.2. The van der Waals surface area contributed by atoms with Crippen LogP contribution in [-0.4, -0.2) is 58.1 Å². The number of nitrogens with zero attached hydrogens (tertiary/aromatic N) is 5. The maximum Gasteiger partial charge on any atom is 0.320 e. The van der Waals surface area contributed by atoms with Gasteiger partial charge in [-0.15, -0.1) is 5.10 Å². The fourth-order valence-electron chi connectivity index (χ4n) is 3.62. The smallest absolute Gasteiger partial charge is 0.320 e. The minimum atomic E-state index is -0.520. The summed E-state index contributed by atoms with van der Waals surface area (Å²) in [5.74, 6) is 0.206. The number of carbonyl (C=O) groups excluding carboxylic acids is 2. The van der Waals surface area contributed by atoms with Gasteiger partial charge in [-0.05, 0) is 35.2 Å². The van der Waals surface area contributed by atoms with E-state index in [0.717, 1.165) is 24.6 Å². The highest BCUT2D eigenvalue weighted by Crippen LogP contribution is 2.25. The van der Waals surface area contributed by atoms with Crippen LogP contribution in [0.3, 0.4) is 0 Å². The fourth-order valence-corrected chi connectivity index (χ4v) is 3.62. The van der Waals surface area contributed by atoms with Crippen molar-refractivity contribution in [2.75, 3.05) is 41.7 Å². The number of rotatable bonds is 5. The van der Waals surface area contributed by atoms with Crippen LogP contribution in [0.25, 0.3) is 0 Å². The molecule has 2 N–H and O–H groups in total. The van der Waals surface area contributed by atoms with E-state index in [0.29, 0.717) is 18.8 Å². The zero-order valence-electron chi connectivity index (χ0n) is 19.8. The quantitative estimate of drug-likeness (QED) is 0.591. The van der Waals surface area contributed by atoms with Gasteiger partial charge in [0.15, 0.2) is 0 Å². The number of hydrogen-bond acceptors (Lipinski definition) is 8. The average molecular weight is 464 g/mol. The molecule has 0 bridgehead atoms. The molecule has 0 unspecified atom stereocenters. The average Bonchev–Trinajstić information content (AvgIpc) is 3.28. The van der Waals surface area contributed by atoms with E-state index in [9.17, 15) is 9.59 Å². The number of benzene rings is 1. The Kier molecular flexibility index (Phi) is 6.49. The number of amides is 2. The SMILES string of the molecule is CC(=O)N1CCN(c2ccc(NC(=O)c3nnc(Nc4ccc(C(C)(C)C)cc4)o3)cn2)CC1. The summed E-state index contributed by atoms with van der Waals surface area (Å²) in [5.41, 5.74) is 2.57. The van der Waals surface area contributed by atoms with E-state index in [-0.39, 0.29) is 23.2 Å². The van der Waals surface area contributed by atoms with Crippen molar-refractivity contribution in [1.82, 2.24) is 20.1 Å². The Hall–Kier alpha value is -3.95. The topological polar surface area (TPSA) is 116 Å². The van der Waals surface area contributed by atoms with Crippen LogP contribution in [0.1, 0.15) is 43.9 Å². The minimum absolute atomic E-state index is 0.0613. The van der Waals surface area contributed by atoms with E-state index in [1.807, 2.05) is 35.2 Å². The summed E-state index contributed by atoms with van der Waals surface area (Å²) in [5, 5.41) is 13.5. The third-order valence-corrected chi connectivity index (χ3v) is 5.68. The van der Waals surface area contributed by atoms with E-state index in [2.05, 4.69) is 51.5 Å². The van der Waals surface area contributed by atoms with Crippen LogP contribution in [-0.2, 0) is 10.2 Å². The summed E-state index contributed by atoms with van der Waals surface area (Å²) in [4.78, 5) is 32.3. The largest absolute Gasteiger partial charge is 0.399 e. The Morgan fingerprint density at radius 1 is 0.941 bits per heavy atom. The molecule has 1 aliphatic rings. The summed E-state index contributed by atoms with van der Waals surface area (Å²) < 4.78 is 5.46. The second-order valence-corrected chi connectivity index (χ2v) is 9.22. The van der Waals surface area contributed by atoms with E-state index in [1.165, 1.54) is 5.56 Å². The molecule has 1 saturated heterocycles. The van der Waals surface area contributed by atoms with Gasteiger partial charge in [0.2, 0.25) is 5.91 Å². The van der Waals surface area contributed by atoms with Crippen LogP contribution in [0.4, 0.5) is 23.2 Å². The summed E-state index contributed by atoms with van der Waals surface area (Å²) >= 11 is 0. The summed E-state index contributed by atoms with van der Waals surface area (Å²) in [6.45, 7) is 10.8. The second-order valence-electron chi connectivity index (χ2n) is 9.22. The lowest BCUT2D eigenvalue weighted by Gasteiger charge is -2.34. The lowest BCUT2D eigenvalue weighted by Crippen LogP contribution is -2.48. The summed E-state index contributed by atoms with van der Waals surface area (Å²) in [7, 11) is 0. The Bertz CT molecular complexity index is 1140.